The number of rotatable bonds is 5. The van der Waals surface area contributed by atoms with E-state index in [9.17, 15) is 4.39 Å². The van der Waals surface area contributed by atoms with Gasteiger partial charge in [0.15, 0.2) is 0 Å². The molecule has 1 nitrogen and oxygen atoms in total. The van der Waals surface area contributed by atoms with Crippen LogP contribution in [-0.2, 0) is 0 Å². The van der Waals surface area contributed by atoms with Gasteiger partial charge in [0.1, 0.15) is 5.82 Å². The summed E-state index contributed by atoms with van der Waals surface area (Å²) < 4.78 is 14.0. The first-order valence-electron chi connectivity index (χ1n) is 6.94. The van der Waals surface area contributed by atoms with Crippen LogP contribution in [0.5, 0.6) is 0 Å². The Bertz CT molecular complexity index is 583. The lowest BCUT2D eigenvalue weighted by molar-refractivity contribution is 0.537. The Morgan fingerprint density at radius 1 is 1.15 bits per heavy atom. The van der Waals surface area contributed by atoms with Gasteiger partial charge in [0.25, 0.3) is 0 Å². The first-order chi connectivity index (χ1) is 9.65. The third-order valence-corrected chi connectivity index (χ3v) is 3.63. The fraction of sp³-hybridized carbons (Fsp3) is 0.294. The van der Waals surface area contributed by atoms with Crippen molar-refractivity contribution in [3.8, 4) is 11.1 Å². The molecule has 0 radical (unpaired) electrons. The van der Waals surface area contributed by atoms with Crippen LogP contribution >= 0.6 is 11.6 Å². The number of hydrogen-bond acceptors (Lipinski definition) is 1. The van der Waals surface area contributed by atoms with E-state index in [1.807, 2.05) is 18.2 Å². The van der Waals surface area contributed by atoms with E-state index in [4.69, 9.17) is 11.6 Å². The summed E-state index contributed by atoms with van der Waals surface area (Å²) in [7, 11) is 0. The average molecular weight is 292 g/mol. The zero-order valence-electron chi connectivity index (χ0n) is 11.8. The highest BCUT2D eigenvalue weighted by Gasteiger charge is 2.10. The molecule has 0 aliphatic rings. The van der Waals surface area contributed by atoms with Gasteiger partial charge in [-0.1, -0.05) is 43.6 Å². The van der Waals surface area contributed by atoms with Crippen LogP contribution < -0.4 is 5.32 Å². The molecule has 0 aromatic heterocycles. The lowest BCUT2D eigenvalue weighted by atomic mass is 9.98. The molecule has 0 heterocycles. The molecular weight excluding hydrogens is 273 g/mol. The molecule has 1 N–H and O–H groups in total. The summed E-state index contributed by atoms with van der Waals surface area (Å²) in [6.07, 6.45) is 1.00. The predicted octanol–water partition coefficient (Wildman–Crippen LogP) is 5.21. The van der Waals surface area contributed by atoms with Gasteiger partial charge in [0, 0.05) is 16.6 Å². The summed E-state index contributed by atoms with van der Waals surface area (Å²) in [6, 6.07) is 13.1. The Balaban J connectivity index is 2.38. The fourth-order valence-corrected chi connectivity index (χ4v) is 2.55. The number of halogens is 2. The molecular formula is C17H19ClFN. The van der Waals surface area contributed by atoms with Gasteiger partial charge in [-0.05, 0) is 48.4 Å². The number of nitrogens with one attached hydrogen (secondary N) is 1. The van der Waals surface area contributed by atoms with Crippen LogP contribution in [0.3, 0.4) is 0 Å². The Morgan fingerprint density at radius 2 is 1.95 bits per heavy atom. The average Bonchev–Trinajstić information content (AvgIpc) is 2.45. The van der Waals surface area contributed by atoms with Crippen LogP contribution in [0, 0.1) is 5.82 Å². The van der Waals surface area contributed by atoms with E-state index >= 15 is 0 Å². The van der Waals surface area contributed by atoms with Gasteiger partial charge in [-0.25, -0.2) is 4.39 Å². The van der Waals surface area contributed by atoms with Crippen LogP contribution in [0.15, 0.2) is 42.5 Å². The maximum atomic E-state index is 14.0. The minimum Gasteiger partial charge on any atom is -0.310 e. The predicted molar refractivity (Wildman–Crippen MR) is 83.6 cm³/mol. The van der Waals surface area contributed by atoms with Crippen molar-refractivity contribution in [3.05, 3.63) is 58.9 Å². The Morgan fingerprint density at radius 3 is 2.60 bits per heavy atom. The van der Waals surface area contributed by atoms with Crippen molar-refractivity contribution in [2.24, 2.45) is 0 Å². The van der Waals surface area contributed by atoms with E-state index in [1.54, 1.807) is 12.1 Å². The van der Waals surface area contributed by atoms with E-state index in [0.29, 0.717) is 16.6 Å². The molecule has 2 rings (SSSR count). The summed E-state index contributed by atoms with van der Waals surface area (Å²) in [5, 5.41) is 3.85. The standard InChI is InChI=1S/C17H19ClFN/c1-3-17(20-4-2)13-7-5-6-12(10-13)15-9-8-14(18)11-16(15)19/h5-11,17,20H,3-4H2,1-2H3. The molecule has 1 unspecified atom stereocenters. The molecule has 0 bridgehead atoms. The van der Waals surface area contributed by atoms with Gasteiger partial charge in [0.05, 0.1) is 0 Å². The summed E-state index contributed by atoms with van der Waals surface area (Å²) in [5.41, 5.74) is 2.65. The van der Waals surface area contributed by atoms with Crippen molar-refractivity contribution in [2.45, 2.75) is 26.3 Å². The van der Waals surface area contributed by atoms with Crippen molar-refractivity contribution in [1.82, 2.24) is 5.32 Å². The molecule has 2 aromatic carbocycles. The minimum atomic E-state index is -0.286. The van der Waals surface area contributed by atoms with Gasteiger partial charge in [0.2, 0.25) is 0 Å². The van der Waals surface area contributed by atoms with Gasteiger partial charge in [-0.3, -0.25) is 0 Å². The third kappa shape index (κ3) is 3.38. The lowest BCUT2D eigenvalue weighted by Crippen LogP contribution is -2.19. The Labute approximate surface area is 124 Å². The molecule has 0 amide bonds. The maximum Gasteiger partial charge on any atom is 0.132 e. The molecule has 2 aromatic rings. The van der Waals surface area contributed by atoms with Crippen LogP contribution in [0.4, 0.5) is 4.39 Å². The van der Waals surface area contributed by atoms with E-state index in [-0.39, 0.29) is 5.82 Å². The molecule has 0 fully saturated rings. The number of hydrogen-bond donors (Lipinski definition) is 1. The van der Waals surface area contributed by atoms with Crippen molar-refractivity contribution in [2.75, 3.05) is 6.54 Å². The van der Waals surface area contributed by atoms with Crippen molar-refractivity contribution < 1.29 is 4.39 Å². The zero-order chi connectivity index (χ0) is 14.5. The molecule has 0 saturated heterocycles. The molecule has 3 heteroatoms. The van der Waals surface area contributed by atoms with Gasteiger partial charge >= 0.3 is 0 Å². The van der Waals surface area contributed by atoms with Crippen molar-refractivity contribution >= 4 is 11.6 Å². The first kappa shape index (κ1) is 15.0. The minimum absolute atomic E-state index is 0.286. The molecule has 0 aliphatic carbocycles. The molecule has 1 atom stereocenters. The van der Waals surface area contributed by atoms with Crippen molar-refractivity contribution in [1.29, 1.82) is 0 Å². The topological polar surface area (TPSA) is 12.0 Å². The highest BCUT2D eigenvalue weighted by molar-refractivity contribution is 6.30. The van der Waals surface area contributed by atoms with Gasteiger partial charge in [-0.2, -0.15) is 0 Å². The van der Waals surface area contributed by atoms with Crippen LogP contribution in [0.2, 0.25) is 5.02 Å². The van der Waals surface area contributed by atoms with Crippen molar-refractivity contribution in [3.63, 3.8) is 0 Å². The maximum absolute atomic E-state index is 14.0. The Kier molecular flexibility index (Phi) is 5.16. The SMILES string of the molecule is CCNC(CC)c1cccc(-c2ccc(Cl)cc2F)c1. The second kappa shape index (κ2) is 6.87. The molecule has 0 spiro atoms. The second-order valence-electron chi connectivity index (χ2n) is 4.77. The molecule has 106 valence electrons. The smallest absolute Gasteiger partial charge is 0.132 e. The van der Waals surface area contributed by atoms with Crippen LogP contribution in [-0.4, -0.2) is 6.54 Å². The first-order valence-corrected chi connectivity index (χ1v) is 7.32. The highest BCUT2D eigenvalue weighted by atomic mass is 35.5. The molecule has 20 heavy (non-hydrogen) atoms. The summed E-state index contributed by atoms with van der Waals surface area (Å²) in [6.45, 7) is 5.15. The fourth-order valence-electron chi connectivity index (χ4n) is 2.39. The summed E-state index contributed by atoms with van der Waals surface area (Å²) in [5.74, 6) is -0.286. The van der Waals surface area contributed by atoms with Gasteiger partial charge in [-0.15, -0.1) is 0 Å². The van der Waals surface area contributed by atoms with Crippen LogP contribution in [0.1, 0.15) is 31.9 Å². The second-order valence-corrected chi connectivity index (χ2v) is 5.20. The van der Waals surface area contributed by atoms with E-state index < -0.39 is 0 Å². The highest BCUT2D eigenvalue weighted by Crippen LogP contribution is 2.28. The van der Waals surface area contributed by atoms with E-state index in [2.05, 4.69) is 25.2 Å². The summed E-state index contributed by atoms with van der Waals surface area (Å²) in [4.78, 5) is 0. The normalized spacial score (nSPS) is 12.4. The molecule has 0 aliphatic heterocycles. The Hall–Kier alpha value is -1.38. The molecule has 0 saturated carbocycles. The third-order valence-electron chi connectivity index (χ3n) is 3.39. The van der Waals surface area contributed by atoms with Gasteiger partial charge < -0.3 is 5.32 Å². The monoisotopic (exact) mass is 291 g/mol. The van der Waals surface area contributed by atoms with E-state index in [1.165, 1.54) is 11.6 Å². The van der Waals surface area contributed by atoms with E-state index in [0.717, 1.165) is 18.5 Å². The largest absolute Gasteiger partial charge is 0.310 e. The van der Waals surface area contributed by atoms with Crippen LogP contribution in [0.25, 0.3) is 11.1 Å². The lowest BCUT2D eigenvalue weighted by Gasteiger charge is -2.17. The zero-order valence-corrected chi connectivity index (χ0v) is 12.5. The summed E-state index contributed by atoms with van der Waals surface area (Å²) >= 11 is 5.80. The number of benzene rings is 2. The quantitative estimate of drug-likeness (QED) is 0.797.